The zero-order valence-electron chi connectivity index (χ0n) is 13.1. The maximum Gasteiger partial charge on any atom is 0.267 e. The molecule has 0 unspecified atom stereocenters. The Balaban J connectivity index is 2.02. The number of hydrogen-bond acceptors (Lipinski definition) is 4. The molecule has 0 fully saturated rings. The SMILES string of the molecule is Cc1cccc(NC(=O)/C(C#N)=C\NCc2ccncc2)c1C. The number of nitrogens with zero attached hydrogens (tertiary/aromatic N) is 2. The Hall–Kier alpha value is -3.13. The molecule has 1 aromatic heterocycles. The Kier molecular flexibility index (Phi) is 5.48. The van der Waals surface area contributed by atoms with Crippen LogP contribution in [0.15, 0.2) is 54.5 Å². The second kappa shape index (κ2) is 7.76. The number of aryl methyl sites for hydroxylation is 1. The van der Waals surface area contributed by atoms with Crippen LogP contribution in [0.4, 0.5) is 5.69 Å². The molecule has 0 radical (unpaired) electrons. The van der Waals surface area contributed by atoms with Gasteiger partial charge in [-0.15, -0.1) is 0 Å². The summed E-state index contributed by atoms with van der Waals surface area (Å²) in [6.45, 7) is 4.43. The molecular formula is C18H18N4O. The van der Waals surface area contributed by atoms with Crippen molar-refractivity contribution in [1.82, 2.24) is 10.3 Å². The van der Waals surface area contributed by atoms with Crippen LogP contribution >= 0.6 is 0 Å². The molecule has 0 aliphatic rings. The Morgan fingerprint density at radius 3 is 2.70 bits per heavy atom. The Bertz CT molecular complexity index is 760. The van der Waals surface area contributed by atoms with Crippen LogP contribution in [-0.4, -0.2) is 10.9 Å². The molecule has 5 nitrogen and oxygen atoms in total. The number of carbonyl (C=O) groups excluding carboxylic acids is 1. The van der Waals surface area contributed by atoms with Crippen LogP contribution in [0.2, 0.25) is 0 Å². The minimum Gasteiger partial charge on any atom is -0.386 e. The lowest BCUT2D eigenvalue weighted by Gasteiger charge is -2.10. The predicted octanol–water partition coefficient (Wildman–Crippen LogP) is 2.83. The summed E-state index contributed by atoms with van der Waals surface area (Å²) in [7, 11) is 0. The van der Waals surface area contributed by atoms with Gasteiger partial charge >= 0.3 is 0 Å². The number of benzene rings is 1. The van der Waals surface area contributed by atoms with E-state index in [9.17, 15) is 4.79 Å². The molecule has 1 amide bonds. The van der Waals surface area contributed by atoms with Crippen molar-refractivity contribution in [2.45, 2.75) is 20.4 Å². The van der Waals surface area contributed by atoms with Crippen LogP contribution in [0.1, 0.15) is 16.7 Å². The highest BCUT2D eigenvalue weighted by atomic mass is 16.1. The molecule has 1 heterocycles. The van der Waals surface area contributed by atoms with Gasteiger partial charge in [-0.05, 0) is 48.7 Å². The van der Waals surface area contributed by atoms with Crippen molar-refractivity contribution in [3.8, 4) is 6.07 Å². The van der Waals surface area contributed by atoms with Gasteiger partial charge in [0.25, 0.3) is 5.91 Å². The summed E-state index contributed by atoms with van der Waals surface area (Å²) in [5.41, 5.74) is 3.83. The third kappa shape index (κ3) is 4.42. The number of rotatable bonds is 5. The summed E-state index contributed by atoms with van der Waals surface area (Å²) >= 11 is 0. The van der Waals surface area contributed by atoms with Crippen LogP contribution in [0.5, 0.6) is 0 Å². The fourth-order valence-electron chi connectivity index (χ4n) is 2.00. The van der Waals surface area contributed by atoms with E-state index in [4.69, 9.17) is 5.26 Å². The monoisotopic (exact) mass is 306 g/mol. The molecule has 116 valence electrons. The first-order chi connectivity index (χ1) is 11.1. The molecule has 2 rings (SSSR count). The van der Waals surface area contributed by atoms with Gasteiger partial charge in [-0.25, -0.2) is 0 Å². The van der Waals surface area contributed by atoms with Crippen LogP contribution in [0.3, 0.4) is 0 Å². The van der Waals surface area contributed by atoms with Crippen molar-refractivity contribution < 1.29 is 4.79 Å². The second-order valence-electron chi connectivity index (χ2n) is 5.11. The van der Waals surface area contributed by atoms with Gasteiger partial charge in [-0.3, -0.25) is 9.78 Å². The molecule has 2 aromatic rings. The largest absolute Gasteiger partial charge is 0.386 e. The van der Waals surface area contributed by atoms with Crippen molar-refractivity contribution in [3.63, 3.8) is 0 Å². The molecule has 1 aromatic carbocycles. The molecule has 0 saturated heterocycles. The molecule has 5 heteroatoms. The van der Waals surface area contributed by atoms with Gasteiger partial charge in [-0.1, -0.05) is 12.1 Å². The Morgan fingerprint density at radius 2 is 2.00 bits per heavy atom. The first-order valence-corrected chi connectivity index (χ1v) is 7.22. The van der Waals surface area contributed by atoms with Crippen molar-refractivity contribution in [2.24, 2.45) is 0 Å². The molecule has 0 aliphatic carbocycles. The lowest BCUT2D eigenvalue weighted by atomic mass is 10.1. The van der Waals surface area contributed by atoms with E-state index in [0.717, 1.165) is 16.7 Å². The van der Waals surface area contributed by atoms with E-state index in [1.54, 1.807) is 12.4 Å². The topological polar surface area (TPSA) is 77.8 Å². The molecule has 0 saturated carbocycles. The average Bonchev–Trinajstić information content (AvgIpc) is 2.56. The number of pyridine rings is 1. The van der Waals surface area contributed by atoms with E-state index in [-0.39, 0.29) is 5.57 Å². The fraction of sp³-hybridized carbons (Fsp3) is 0.167. The lowest BCUT2D eigenvalue weighted by Crippen LogP contribution is -2.17. The van der Waals surface area contributed by atoms with E-state index in [2.05, 4.69) is 15.6 Å². The van der Waals surface area contributed by atoms with Crippen LogP contribution in [0, 0.1) is 25.2 Å². The zero-order valence-corrected chi connectivity index (χ0v) is 13.1. The van der Waals surface area contributed by atoms with Gasteiger partial charge in [0.15, 0.2) is 0 Å². The molecular weight excluding hydrogens is 288 g/mol. The molecule has 23 heavy (non-hydrogen) atoms. The minimum absolute atomic E-state index is 0.0277. The highest BCUT2D eigenvalue weighted by Crippen LogP contribution is 2.18. The van der Waals surface area contributed by atoms with Gasteiger partial charge in [0.2, 0.25) is 0 Å². The maximum atomic E-state index is 12.2. The van der Waals surface area contributed by atoms with E-state index in [1.165, 1.54) is 6.20 Å². The number of hydrogen-bond donors (Lipinski definition) is 2. The van der Waals surface area contributed by atoms with Crippen molar-refractivity contribution in [2.75, 3.05) is 5.32 Å². The smallest absolute Gasteiger partial charge is 0.267 e. The Morgan fingerprint density at radius 1 is 1.26 bits per heavy atom. The van der Waals surface area contributed by atoms with Crippen molar-refractivity contribution >= 4 is 11.6 Å². The summed E-state index contributed by atoms with van der Waals surface area (Å²) in [6.07, 6.45) is 4.82. The van der Waals surface area contributed by atoms with Gasteiger partial charge in [-0.2, -0.15) is 5.26 Å². The molecule has 2 N–H and O–H groups in total. The van der Waals surface area contributed by atoms with Crippen LogP contribution in [0.25, 0.3) is 0 Å². The van der Waals surface area contributed by atoms with Crippen molar-refractivity contribution in [3.05, 3.63) is 71.2 Å². The quantitative estimate of drug-likeness (QED) is 0.658. The van der Waals surface area contributed by atoms with Gasteiger partial charge in [0, 0.05) is 30.8 Å². The zero-order chi connectivity index (χ0) is 16.7. The van der Waals surface area contributed by atoms with Crippen molar-refractivity contribution in [1.29, 1.82) is 5.26 Å². The molecule has 0 atom stereocenters. The van der Waals surface area contributed by atoms with Crippen LogP contribution < -0.4 is 10.6 Å². The highest BCUT2D eigenvalue weighted by molar-refractivity contribution is 6.06. The normalized spacial score (nSPS) is 10.7. The predicted molar refractivity (Wildman–Crippen MR) is 89.3 cm³/mol. The second-order valence-corrected chi connectivity index (χ2v) is 5.11. The number of carbonyl (C=O) groups is 1. The van der Waals surface area contributed by atoms with E-state index < -0.39 is 5.91 Å². The standard InChI is InChI=1S/C18H18N4O/c1-13-4-3-5-17(14(13)2)22-18(23)16(10-19)12-21-11-15-6-8-20-9-7-15/h3-9,12,21H,11H2,1-2H3,(H,22,23)/b16-12-. The highest BCUT2D eigenvalue weighted by Gasteiger charge is 2.11. The summed E-state index contributed by atoms with van der Waals surface area (Å²) in [5, 5.41) is 14.9. The van der Waals surface area contributed by atoms with Gasteiger partial charge in [0.05, 0.1) is 0 Å². The summed E-state index contributed by atoms with van der Waals surface area (Å²) in [4.78, 5) is 16.1. The number of anilines is 1. The van der Waals surface area contributed by atoms with Gasteiger partial charge < -0.3 is 10.6 Å². The molecule has 0 bridgehead atoms. The molecule has 0 aliphatic heterocycles. The Labute approximate surface area is 135 Å². The maximum absolute atomic E-state index is 12.2. The molecule has 0 spiro atoms. The van der Waals surface area contributed by atoms with E-state index >= 15 is 0 Å². The average molecular weight is 306 g/mol. The third-order valence-corrected chi connectivity index (χ3v) is 3.52. The lowest BCUT2D eigenvalue weighted by molar-refractivity contribution is -0.112. The van der Waals surface area contributed by atoms with Gasteiger partial charge in [0.1, 0.15) is 11.6 Å². The van der Waals surface area contributed by atoms with Crippen LogP contribution in [-0.2, 0) is 11.3 Å². The van der Waals surface area contributed by atoms with E-state index in [1.807, 2.05) is 50.2 Å². The third-order valence-electron chi connectivity index (χ3n) is 3.52. The number of amides is 1. The summed E-state index contributed by atoms with van der Waals surface area (Å²) in [6, 6.07) is 11.3. The summed E-state index contributed by atoms with van der Waals surface area (Å²) in [5.74, 6) is -0.427. The number of aromatic nitrogens is 1. The van der Waals surface area contributed by atoms with E-state index in [0.29, 0.717) is 12.2 Å². The first kappa shape index (κ1) is 16.2. The summed E-state index contributed by atoms with van der Waals surface area (Å²) < 4.78 is 0. The first-order valence-electron chi connectivity index (χ1n) is 7.22. The number of nitrogens with one attached hydrogen (secondary N) is 2. The fourth-order valence-corrected chi connectivity index (χ4v) is 2.00. The number of nitriles is 1. The minimum atomic E-state index is -0.427.